The van der Waals surface area contributed by atoms with Gasteiger partial charge < -0.3 is 4.42 Å². The van der Waals surface area contributed by atoms with Crippen molar-refractivity contribution in [2.75, 3.05) is 0 Å². The van der Waals surface area contributed by atoms with Crippen molar-refractivity contribution in [3.05, 3.63) is 23.7 Å². The monoisotopic (exact) mass is 220 g/mol. The van der Waals surface area contributed by atoms with Gasteiger partial charge in [0.25, 0.3) is 0 Å². The highest BCUT2D eigenvalue weighted by molar-refractivity contribution is 5.98. The second kappa shape index (κ2) is 4.08. The van der Waals surface area contributed by atoms with Gasteiger partial charge >= 0.3 is 0 Å². The molecule has 0 N–H and O–H groups in total. The Kier molecular flexibility index (Phi) is 2.92. The molecule has 1 heterocycles. The summed E-state index contributed by atoms with van der Waals surface area (Å²) in [5.74, 6) is 1.16. The number of ketones is 1. The lowest BCUT2D eigenvalue weighted by Crippen LogP contribution is -2.23. The van der Waals surface area contributed by atoms with Crippen molar-refractivity contribution in [3.8, 4) is 0 Å². The fourth-order valence-corrected chi connectivity index (χ4v) is 2.45. The van der Waals surface area contributed by atoms with E-state index in [0.717, 1.165) is 18.4 Å². The maximum Gasteiger partial charge on any atom is 0.203 e. The number of carbonyl (C=O) groups is 1. The van der Waals surface area contributed by atoms with Gasteiger partial charge in [-0.2, -0.15) is 0 Å². The van der Waals surface area contributed by atoms with Gasteiger partial charge in [-0.25, -0.2) is 0 Å². The third-order valence-corrected chi connectivity index (χ3v) is 3.77. The Labute approximate surface area is 97.0 Å². The van der Waals surface area contributed by atoms with Crippen LogP contribution in [-0.4, -0.2) is 5.78 Å². The molecule has 1 aromatic heterocycles. The Morgan fingerprint density at radius 1 is 1.38 bits per heavy atom. The van der Waals surface area contributed by atoms with Crippen LogP contribution in [0.1, 0.15) is 68.5 Å². The van der Waals surface area contributed by atoms with Crippen LogP contribution in [0.3, 0.4) is 0 Å². The van der Waals surface area contributed by atoms with E-state index in [2.05, 4.69) is 20.8 Å². The predicted octanol–water partition coefficient (Wildman–Crippen LogP) is 4.17. The summed E-state index contributed by atoms with van der Waals surface area (Å²) < 4.78 is 5.42. The van der Waals surface area contributed by atoms with Crippen molar-refractivity contribution >= 4 is 5.78 Å². The Balaban J connectivity index is 2.20. The van der Waals surface area contributed by atoms with Crippen LogP contribution >= 0.6 is 0 Å². The number of rotatable bonds is 3. The third-order valence-electron chi connectivity index (χ3n) is 3.77. The lowest BCUT2D eigenvalue weighted by atomic mass is 9.83. The Morgan fingerprint density at radius 3 is 2.50 bits per heavy atom. The van der Waals surface area contributed by atoms with Crippen molar-refractivity contribution in [2.24, 2.45) is 5.41 Å². The number of Topliss-reactive ketones (excluding diaryl/α,β-unsaturated/α-hetero) is 1. The van der Waals surface area contributed by atoms with Crippen molar-refractivity contribution in [2.45, 2.75) is 52.4 Å². The quantitative estimate of drug-likeness (QED) is 0.716. The van der Waals surface area contributed by atoms with E-state index in [9.17, 15) is 4.79 Å². The van der Waals surface area contributed by atoms with Crippen molar-refractivity contribution in [1.82, 2.24) is 0 Å². The standard InChI is InChI=1S/C14H20O2/c1-10(2)11-8-12(16-9-11)13(15)14(3)6-4-5-7-14/h8-10H,4-7H2,1-3H3. The molecule has 0 bridgehead atoms. The topological polar surface area (TPSA) is 30.2 Å². The molecule has 0 radical (unpaired) electrons. The zero-order valence-corrected chi connectivity index (χ0v) is 10.4. The molecule has 88 valence electrons. The zero-order chi connectivity index (χ0) is 11.8. The molecule has 1 aliphatic carbocycles. The number of carbonyl (C=O) groups excluding carboxylic acids is 1. The predicted molar refractivity (Wildman–Crippen MR) is 63.7 cm³/mol. The van der Waals surface area contributed by atoms with Gasteiger partial charge in [0.1, 0.15) is 0 Å². The molecule has 1 fully saturated rings. The first-order chi connectivity index (χ1) is 7.53. The van der Waals surface area contributed by atoms with E-state index in [0.29, 0.717) is 11.7 Å². The molecule has 1 saturated carbocycles. The molecule has 1 aliphatic rings. The smallest absolute Gasteiger partial charge is 0.203 e. The first-order valence-electron chi connectivity index (χ1n) is 6.16. The summed E-state index contributed by atoms with van der Waals surface area (Å²) in [6, 6.07) is 1.91. The van der Waals surface area contributed by atoms with Crippen LogP contribution in [-0.2, 0) is 0 Å². The number of furan rings is 1. The molecule has 0 atom stereocenters. The number of hydrogen-bond acceptors (Lipinski definition) is 2. The van der Waals surface area contributed by atoms with Gasteiger partial charge in [0.15, 0.2) is 5.76 Å². The van der Waals surface area contributed by atoms with Crippen LogP contribution in [0.4, 0.5) is 0 Å². The van der Waals surface area contributed by atoms with E-state index in [1.165, 1.54) is 12.8 Å². The van der Waals surface area contributed by atoms with E-state index in [1.54, 1.807) is 6.26 Å². The Hall–Kier alpha value is -1.05. The minimum atomic E-state index is -0.175. The first-order valence-corrected chi connectivity index (χ1v) is 6.16. The molecule has 0 unspecified atom stereocenters. The molecule has 1 aromatic rings. The molecule has 2 rings (SSSR count). The van der Waals surface area contributed by atoms with Gasteiger partial charge in [-0.15, -0.1) is 0 Å². The largest absolute Gasteiger partial charge is 0.461 e. The van der Waals surface area contributed by atoms with Crippen molar-refractivity contribution < 1.29 is 9.21 Å². The molecule has 0 aromatic carbocycles. The molecule has 2 nitrogen and oxygen atoms in total. The summed E-state index contributed by atoms with van der Waals surface area (Å²) in [7, 11) is 0. The molecule has 0 amide bonds. The van der Waals surface area contributed by atoms with Gasteiger partial charge in [-0.3, -0.25) is 4.79 Å². The molecular formula is C14H20O2. The highest BCUT2D eigenvalue weighted by atomic mass is 16.3. The van der Waals surface area contributed by atoms with E-state index in [-0.39, 0.29) is 11.2 Å². The average Bonchev–Trinajstić information content (AvgIpc) is 2.85. The molecule has 0 aliphatic heterocycles. The van der Waals surface area contributed by atoms with Gasteiger partial charge in [-0.05, 0) is 30.4 Å². The van der Waals surface area contributed by atoms with Crippen LogP contribution in [0.2, 0.25) is 0 Å². The van der Waals surface area contributed by atoms with Gasteiger partial charge in [-0.1, -0.05) is 33.6 Å². The van der Waals surface area contributed by atoms with Crippen LogP contribution in [0, 0.1) is 5.41 Å². The third kappa shape index (κ3) is 1.93. The lowest BCUT2D eigenvalue weighted by Gasteiger charge is -2.19. The highest BCUT2D eigenvalue weighted by Crippen LogP contribution is 2.40. The van der Waals surface area contributed by atoms with Crippen LogP contribution in [0.15, 0.2) is 16.7 Å². The maximum absolute atomic E-state index is 12.3. The second-order valence-corrected chi connectivity index (χ2v) is 5.50. The summed E-state index contributed by atoms with van der Waals surface area (Å²) in [5, 5.41) is 0. The highest BCUT2D eigenvalue weighted by Gasteiger charge is 2.38. The minimum absolute atomic E-state index is 0.175. The summed E-state index contributed by atoms with van der Waals surface area (Å²) >= 11 is 0. The first kappa shape index (κ1) is 11.4. The van der Waals surface area contributed by atoms with Crippen molar-refractivity contribution in [3.63, 3.8) is 0 Å². The lowest BCUT2D eigenvalue weighted by molar-refractivity contribution is 0.0793. The summed E-state index contributed by atoms with van der Waals surface area (Å²) in [4.78, 5) is 12.3. The van der Waals surface area contributed by atoms with E-state index in [1.807, 2.05) is 6.07 Å². The van der Waals surface area contributed by atoms with Gasteiger partial charge in [0.05, 0.1) is 6.26 Å². The molecular weight excluding hydrogens is 200 g/mol. The second-order valence-electron chi connectivity index (χ2n) is 5.50. The summed E-state index contributed by atoms with van der Waals surface area (Å²) in [6.07, 6.45) is 6.06. The molecule has 0 spiro atoms. The molecule has 2 heteroatoms. The minimum Gasteiger partial charge on any atom is -0.461 e. The maximum atomic E-state index is 12.3. The summed E-state index contributed by atoms with van der Waals surface area (Å²) in [5.41, 5.74) is 0.941. The Morgan fingerprint density at radius 2 is 2.00 bits per heavy atom. The van der Waals surface area contributed by atoms with Crippen molar-refractivity contribution in [1.29, 1.82) is 0 Å². The van der Waals surface area contributed by atoms with E-state index < -0.39 is 0 Å². The number of hydrogen-bond donors (Lipinski definition) is 0. The van der Waals surface area contributed by atoms with Crippen LogP contribution < -0.4 is 0 Å². The Bertz CT molecular complexity index is 381. The van der Waals surface area contributed by atoms with Gasteiger partial charge in [0, 0.05) is 5.41 Å². The zero-order valence-electron chi connectivity index (χ0n) is 10.4. The fourth-order valence-electron chi connectivity index (χ4n) is 2.45. The summed E-state index contributed by atoms with van der Waals surface area (Å²) in [6.45, 7) is 6.28. The van der Waals surface area contributed by atoms with Crippen LogP contribution in [0.5, 0.6) is 0 Å². The molecule has 0 saturated heterocycles. The van der Waals surface area contributed by atoms with E-state index in [4.69, 9.17) is 4.42 Å². The molecule has 16 heavy (non-hydrogen) atoms. The van der Waals surface area contributed by atoms with E-state index >= 15 is 0 Å². The van der Waals surface area contributed by atoms with Gasteiger partial charge in [0.2, 0.25) is 5.78 Å². The van der Waals surface area contributed by atoms with Crippen LogP contribution in [0.25, 0.3) is 0 Å². The SMILES string of the molecule is CC(C)c1coc(C(=O)C2(C)CCCC2)c1. The normalized spacial score (nSPS) is 19.2. The average molecular weight is 220 g/mol. The fraction of sp³-hybridized carbons (Fsp3) is 0.643.